The predicted octanol–water partition coefficient (Wildman–Crippen LogP) is 3.53. The standard InChI is InChI=1S/C18H25ClN2O3S2/c19-16-6-5-14(18(22)20-15-7-11-25-12-8-15)13-17(16)26(23,24)21-9-3-1-2-4-10-21/h5-6,13,15H,1-4,7-12H2,(H,20,22). The van der Waals surface area contributed by atoms with Gasteiger partial charge < -0.3 is 5.32 Å². The van der Waals surface area contributed by atoms with Gasteiger partial charge in [0.2, 0.25) is 10.0 Å². The van der Waals surface area contributed by atoms with E-state index < -0.39 is 10.0 Å². The molecular formula is C18H25ClN2O3S2. The van der Waals surface area contributed by atoms with Gasteiger partial charge in [0.25, 0.3) is 5.91 Å². The number of carbonyl (C=O) groups excluding carboxylic acids is 1. The van der Waals surface area contributed by atoms with Crippen molar-refractivity contribution in [2.75, 3.05) is 24.6 Å². The molecule has 0 aliphatic carbocycles. The van der Waals surface area contributed by atoms with Crippen LogP contribution < -0.4 is 5.32 Å². The molecule has 26 heavy (non-hydrogen) atoms. The second-order valence-electron chi connectivity index (χ2n) is 6.82. The van der Waals surface area contributed by atoms with Crippen LogP contribution in [0.15, 0.2) is 23.1 Å². The fraction of sp³-hybridized carbons (Fsp3) is 0.611. The molecule has 1 aromatic rings. The summed E-state index contributed by atoms with van der Waals surface area (Å²) in [4.78, 5) is 12.6. The van der Waals surface area contributed by atoms with E-state index in [2.05, 4.69) is 5.32 Å². The Morgan fingerprint density at radius 2 is 1.77 bits per heavy atom. The summed E-state index contributed by atoms with van der Waals surface area (Å²) >= 11 is 8.09. The maximum Gasteiger partial charge on any atom is 0.251 e. The smallest absolute Gasteiger partial charge is 0.251 e. The highest BCUT2D eigenvalue weighted by Gasteiger charge is 2.28. The normalized spacial score (nSPS) is 20.5. The van der Waals surface area contributed by atoms with Crippen molar-refractivity contribution in [3.8, 4) is 0 Å². The largest absolute Gasteiger partial charge is 0.349 e. The summed E-state index contributed by atoms with van der Waals surface area (Å²) < 4.78 is 27.6. The molecule has 0 unspecified atom stereocenters. The second-order valence-corrected chi connectivity index (χ2v) is 10.4. The monoisotopic (exact) mass is 416 g/mol. The van der Waals surface area contributed by atoms with E-state index in [1.807, 2.05) is 11.8 Å². The van der Waals surface area contributed by atoms with Crippen LogP contribution in [-0.4, -0.2) is 49.3 Å². The highest BCUT2D eigenvalue weighted by Crippen LogP contribution is 2.28. The molecule has 1 amide bonds. The Morgan fingerprint density at radius 1 is 1.12 bits per heavy atom. The molecule has 2 heterocycles. The molecule has 8 heteroatoms. The number of thioether (sulfide) groups is 1. The topological polar surface area (TPSA) is 66.5 Å². The van der Waals surface area contributed by atoms with Gasteiger partial charge in [0, 0.05) is 24.7 Å². The number of benzene rings is 1. The first-order valence-electron chi connectivity index (χ1n) is 9.17. The van der Waals surface area contributed by atoms with Gasteiger partial charge in [0.15, 0.2) is 0 Å². The van der Waals surface area contributed by atoms with E-state index in [1.165, 1.54) is 16.4 Å². The molecule has 1 N–H and O–H groups in total. The Hall–Kier alpha value is -0.760. The van der Waals surface area contributed by atoms with Gasteiger partial charge in [0.1, 0.15) is 4.90 Å². The first kappa shape index (κ1) is 20.0. The lowest BCUT2D eigenvalue weighted by Crippen LogP contribution is -2.37. The minimum atomic E-state index is -3.69. The molecule has 0 radical (unpaired) electrons. The van der Waals surface area contributed by atoms with Crippen LogP contribution in [0.5, 0.6) is 0 Å². The maximum absolute atomic E-state index is 13.0. The lowest BCUT2D eigenvalue weighted by Gasteiger charge is -2.23. The molecule has 0 spiro atoms. The van der Waals surface area contributed by atoms with Crippen LogP contribution in [0.3, 0.4) is 0 Å². The SMILES string of the molecule is O=C(NC1CCSCC1)c1ccc(Cl)c(S(=O)(=O)N2CCCCCC2)c1. The molecule has 3 rings (SSSR count). The summed E-state index contributed by atoms with van der Waals surface area (Å²) in [5.74, 6) is 1.85. The summed E-state index contributed by atoms with van der Waals surface area (Å²) in [6.07, 6.45) is 5.70. The molecule has 1 aromatic carbocycles. The third kappa shape index (κ3) is 4.74. The number of nitrogens with zero attached hydrogens (tertiary/aromatic N) is 1. The fourth-order valence-electron chi connectivity index (χ4n) is 3.37. The minimum Gasteiger partial charge on any atom is -0.349 e. The number of carbonyl (C=O) groups is 1. The Morgan fingerprint density at radius 3 is 2.42 bits per heavy atom. The summed E-state index contributed by atoms with van der Waals surface area (Å²) in [6, 6.07) is 4.69. The average molecular weight is 417 g/mol. The molecule has 0 bridgehead atoms. The third-order valence-corrected chi connectivity index (χ3v) is 8.36. The lowest BCUT2D eigenvalue weighted by atomic mass is 10.1. The van der Waals surface area contributed by atoms with Crippen LogP contribution in [0, 0.1) is 0 Å². The number of rotatable bonds is 4. The van der Waals surface area contributed by atoms with Gasteiger partial charge in [0.05, 0.1) is 5.02 Å². The van der Waals surface area contributed by atoms with Crippen molar-refractivity contribution in [3.63, 3.8) is 0 Å². The van der Waals surface area contributed by atoms with Gasteiger partial charge in [-0.1, -0.05) is 24.4 Å². The van der Waals surface area contributed by atoms with Crippen LogP contribution in [0.25, 0.3) is 0 Å². The Balaban J connectivity index is 1.81. The molecule has 2 fully saturated rings. The van der Waals surface area contributed by atoms with Crippen molar-refractivity contribution in [2.24, 2.45) is 0 Å². The van der Waals surface area contributed by atoms with E-state index in [-0.39, 0.29) is 21.9 Å². The van der Waals surface area contributed by atoms with Crippen molar-refractivity contribution in [1.29, 1.82) is 0 Å². The summed E-state index contributed by atoms with van der Waals surface area (Å²) in [6.45, 7) is 1.02. The number of halogens is 1. The van der Waals surface area contributed by atoms with E-state index in [4.69, 9.17) is 11.6 Å². The Bertz CT molecular complexity index is 741. The zero-order valence-corrected chi connectivity index (χ0v) is 17.1. The third-order valence-electron chi connectivity index (χ3n) is 4.93. The summed E-state index contributed by atoms with van der Waals surface area (Å²) in [7, 11) is -3.69. The Kier molecular flexibility index (Phi) is 6.88. The van der Waals surface area contributed by atoms with Gasteiger partial charge in [-0.05, 0) is 55.4 Å². The molecule has 0 aromatic heterocycles. The van der Waals surface area contributed by atoms with E-state index in [9.17, 15) is 13.2 Å². The van der Waals surface area contributed by atoms with Crippen molar-refractivity contribution in [1.82, 2.24) is 9.62 Å². The highest BCUT2D eigenvalue weighted by molar-refractivity contribution is 7.99. The molecule has 2 aliphatic heterocycles. The van der Waals surface area contributed by atoms with Crippen molar-refractivity contribution in [2.45, 2.75) is 49.5 Å². The van der Waals surface area contributed by atoms with Crippen LogP contribution in [0.1, 0.15) is 48.9 Å². The first-order valence-corrected chi connectivity index (χ1v) is 12.1. The predicted molar refractivity (Wildman–Crippen MR) is 106 cm³/mol. The highest BCUT2D eigenvalue weighted by atomic mass is 35.5. The van der Waals surface area contributed by atoms with E-state index in [0.717, 1.165) is 50.0 Å². The molecule has 0 saturated carbocycles. The summed E-state index contributed by atoms with van der Waals surface area (Å²) in [5.41, 5.74) is 0.348. The van der Waals surface area contributed by atoms with Gasteiger partial charge in [-0.2, -0.15) is 16.1 Å². The number of amides is 1. The van der Waals surface area contributed by atoms with E-state index in [1.54, 1.807) is 6.07 Å². The van der Waals surface area contributed by atoms with Crippen molar-refractivity contribution >= 4 is 39.3 Å². The van der Waals surface area contributed by atoms with Crippen LogP contribution in [-0.2, 0) is 10.0 Å². The van der Waals surface area contributed by atoms with E-state index in [0.29, 0.717) is 18.7 Å². The molecule has 5 nitrogen and oxygen atoms in total. The first-order chi connectivity index (χ1) is 12.5. The van der Waals surface area contributed by atoms with Gasteiger partial charge >= 0.3 is 0 Å². The lowest BCUT2D eigenvalue weighted by molar-refractivity contribution is 0.0934. The number of sulfonamides is 1. The van der Waals surface area contributed by atoms with Gasteiger partial charge in [-0.25, -0.2) is 8.42 Å². The van der Waals surface area contributed by atoms with E-state index >= 15 is 0 Å². The summed E-state index contributed by atoms with van der Waals surface area (Å²) in [5, 5.41) is 3.19. The molecule has 2 aliphatic rings. The Labute approximate surface area is 164 Å². The molecule has 2 saturated heterocycles. The number of hydrogen-bond donors (Lipinski definition) is 1. The van der Waals surface area contributed by atoms with Crippen molar-refractivity contribution < 1.29 is 13.2 Å². The average Bonchev–Trinajstić information content (AvgIpc) is 2.92. The quantitative estimate of drug-likeness (QED) is 0.815. The van der Waals surface area contributed by atoms with Gasteiger partial charge in [-0.15, -0.1) is 0 Å². The molecule has 0 atom stereocenters. The molecular weight excluding hydrogens is 392 g/mol. The zero-order valence-electron chi connectivity index (χ0n) is 14.7. The van der Waals surface area contributed by atoms with Crippen LogP contribution >= 0.6 is 23.4 Å². The van der Waals surface area contributed by atoms with Crippen LogP contribution in [0.4, 0.5) is 0 Å². The maximum atomic E-state index is 13.0. The second kappa shape index (κ2) is 8.95. The van der Waals surface area contributed by atoms with Gasteiger partial charge in [-0.3, -0.25) is 4.79 Å². The number of nitrogens with one attached hydrogen (secondary N) is 1. The fourth-order valence-corrected chi connectivity index (χ4v) is 6.50. The zero-order chi connectivity index (χ0) is 18.6. The minimum absolute atomic E-state index is 0.0351. The molecule has 144 valence electrons. The van der Waals surface area contributed by atoms with Crippen molar-refractivity contribution in [3.05, 3.63) is 28.8 Å². The van der Waals surface area contributed by atoms with Crippen LogP contribution in [0.2, 0.25) is 5.02 Å². The number of hydrogen-bond acceptors (Lipinski definition) is 4.